The molecular weight excluding hydrogens is 461 g/mol. The molecule has 0 saturated carbocycles. The SMILES string of the molecule is COC(=O)c1nc2c(cc1F)N1CCC(C1)N2C(=O)Nc1cc(OC[C@H]2COC(C)(C)O2)ccn1. The molecule has 2 amide bonds. The van der Waals surface area contributed by atoms with E-state index in [2.05, 4.69) is 20.0 Å². The topological polar surface area (TPSA) is 115 Å². The van der Waals surface area contributed by atoms with Crippen LogP contribution in [0.4, 0.5) is 26.5 Å². The van der Waals surface area contributed by atoms with E-state index in [9.17, 15) is 14.0 Å². The van der Waals surface area contributed by atoms with Gasteiger partial charge in [0.05, 0.1) is 25.4 Å². The first-order valence-electron chi connectivity index (χ1n) is 11.3. The van der Waals surface area contributed by atoms with Crippen LogP contribution in [-0.2, 0) is 14.2 Å². The van der Waals surface area contributed by atoms with Crippen molar-refractivity contribution in [2.45, 2.75) is 38.2 Å². The molecule has 12 heteroatoms. The molecule has 1 unspecified atom stereocenters. The van der Waals surface area contributed by atoms with Crippen molar-refractivity contribution in [2.75, 3.05) is 48.5 Å². The van der Waals surface area contributed by atoms with Crippen LogP contribution in [-0.4, -0.2) is 73.3 Å². The molecule has 3 aliphatic heterocycles. The average Bonchev–Trinajstić information content (AvgIpc) is 3.41. The molecule has 2 aromatic heterocycles. The Hall–Kier alpha value is -3.51. The lowest BCUT2D eigenvalue weighted by Crippen LogP contribution is -2.48. The van der Waals surface area contributed by atoms with E-state index in [1.54, 1.807) is 12.1 Å². The van der Waals surface area contributed by atoms with E-state index in [1.165, 1.54) is 17.2 Å². The predicted octanol–water partition coefficient (Wildman–Crippen LogP) is 2.56. The second-order valence-electron chi connectivity index (χ2n) is 8.98. The van der Waals surface area contributed by atoms with Gasteiger partial charge in [0.25, 0.3) is 0 Å². The second-order valence-corrected chi connectivity index (χ2v) is 8.98. The van der Waals surface area contributed by atoms with Crippen LogP contribution in [0.3, 0.4) is 0 Å². The van der Waals surface area contributed by atoms with Crippen molar-refractivity contribution >= 4 is 29.3 Å². The molecule has 11 nitrogen and oxygen atoms in total. The Bertz CT molecular complexity index is 1160. The lowest BCUT2D eigenvalue weighted by molar-refractivity contribution is -0.141. The largest absolute Gasteiger partial charge is 0.491 e. The fourth-order valence-electron chi connectivity index (χ4n) is 4.50. The monoisotopic (exact) mass is 487 g/mol. The Labute approximate surface area is 201 Å². The molecule has 3 aliphatic rings. The molecule has 2 atom stereocenters. The third-order valence-corrected chi connectivity index (χ3v) is 6.10. The van der Waals surface area contributed by atoms with Crippen LogP contribution in [0.5, 0.6) is 5.75 Å². The van der Waals surface area contributed by atoms with Gasteiger partial charge in [-0.1, -0.05) is 0 Å². The molecule has 0 spiro atoms. The number of pyridine rings is 2. The highest BCUT2D eigenvalue weighted by molar-refractivity contribution is 6.04. The number of rotatable bonds is 5. The minimum Gasteiger partial charge on any atom is -0.491 e. The molecule has 1 N–H and O–H groups in total. The van der Waals surface area contributed by atoms with Crippen molar-refractivity contribution in [1.82, 2.24) is 9.97 Å². The van der Waals surface area contributed by atoms with Gasteiger partial charge in [-0.25, -0.2) is 23.9 Å². The van der Waals surface area contributed by atoms with Crippen molar-refractivity contribution in [2.24, 2.45) is 0 Å². The normalized spacial score (nSPS) is 22.1. The van der Waals surface area contributed by atoms with Crippen molar-refractivity contribution in [1.29, 1.82) is 0 Å². The summed E-state index contributed by atoms with van der Waals surface area (Å²) in [5.74, 6) is -1.38. The molecule has 0 radical (unpaired) electrons. The number of urea groups is 1. The van der Waals surface area contributed by atoms with Crippen LogP contribution in [0.15, 0.2) is 24.4 Å². The molecule has 2 bridgehead atoms. The Kier molecular flexibility index (Phi) is 5.93. The number of carbonyl (C=O) groups is 2. The highest BCUT2D eigenvalue weighted by Crippen LogP contribution is 2.40. The summed E-state index contributed by atoms with van der Waals surface area (Å²) in [6.07, 6.45) is 1.99. The van der Waals surface area contributed by atoms with E-state index < -0.39 is 29.3 Å². The molecule has 2 fully saturated rings. The van der Waals surface area contributed by atoms with Gasteiger partial charge in [0.2, 0.25) is 0 Å². The summed E-state index contributed by atoms with van der Waals surface area (Å²) in [6.45, 7) is 5.57. The lowest BCUT2D eigenvalue weighted by atomic mass is 10.1. The molecule has 2 aromatic rings. The summed E-state index contributed by atoms with van der Waals surface area (Å²) < 4.78 is 36.3. The minimum atomic E-state index is -0.912. The number of fused-ring (bicyclic) bond motifs is 4. The number of hydrogen-bond donors (Lipinski definition) is 1. The smallest absolute Gasteiger partial charge is 0.359 e. The predicted molar refractivity (Wildman–Crippen MR) is 122 cm³/mol. The number of esters is 1. The van der Waals surface area contributed by atoms with Crippen LogP contribution in [0.25, 0.3) is 0 Å². The van der Waals surface area contributed by atoms with Crippen molar-refractivity contribution in [3.63, 3.8) is 0 Å². The van der Waals surface area contributed by atoms with E-state index in [4.69, 9.17) is 14.2 Å². The zero-order valence-electron chi connectivity index (χ0n) is 19.6. The fourth-order valence-corrected chi connectivity index (χ4v) is 4.50. The molecule has 186 valence electrons. The van der Waals surface area contributed by atoms with Crippen molar-refractivity contribution in [3.8, 4) is 5.75 Å². The second kappa shape index (κ2) is 8.93. The van der Waals surface area contributed by atoms with Crippen LogP contribution in [0.2, 0.25) is 0 Å². The number of ether oxygens (including phenoxy) is 4. The standard InChI is InChI=1S/C23H26FN5O6/c1-23(2)34-12-15(35-23)11-33-14-4-6-25-18(8-14)26-22(31)29-13-5-7-28(10-13)17-9-16(24)19(21(30)32-3)27-20(17)29/h4,6,8-9,13,15H,5,7,10-12H2,1-3H3,(H,25,26,31)/t13?,15-/m0/s1. The zero-order chi connectivity index (χ0) is 24.7. The van der Waals surface area contributed by atoms with E-state index in [0.717, 1.165) is 7.11 Å². The maximum absolute atomic E-state index is 14.5. The number of anilines is 3. The van der Waals surface area contributed by atoms with Gasteiger partial charge in [-0.3, -0.25) is 10.2 Å². The van der Waals surface area contributed by atoms with Crippen molar-refractivity contribution in [3.05, 3.63) is 35.9 Å². The summed E-state index contributed by atoms with van der Waals surface area (Å²) in [6, 6.07) is 3.82. The first kappa shape index (κ1) is 23.2. The van der Waals surface area contributed by atoms with Gasteiger partial charge in [0, 0.05) is 31.4 Å². The highest BCUT2D eigenvalue weighted by Gasteiger charge is 2.41. The van der Waals surface area contributed by atoms with Crippen molar-refractivity contribution < 1.29 is 32.9 Å². The summed E-state index contributed by atoms with van der Waals surface area (Å²) in [5.41, 5.74) is -0.0211. The van der Waals surface area contributed by atoms with Gasteiger partial charge in [0.1, 0.15) is 24.3 Å². The number of hydrogen-bond acceptors (Lipinski definition) is 9. The zero-order valence-corrected chi connectivity index (χ0v) is 19.6. The van der Waals surface area contributed by atoms with Crippen LogP contribution in [0.1, 0.15) is 30.8 Å². The molecular formula is C23H26FN5O6. The Balaban J connectivity index is 1.33. The van der Waals surface area contributed by atoms with Gasteiger partial charge in [-0.2, -0.15) is 0 Å². The van der Waals surface area contributed by atoms with Gasteiger partial charge >= 0.3 is 12.0 Å². The molecule has 35 heavy (non-hydrogen) atoms. The molecule has 0 aliphatic carbocycles. The number of aromatic nitrogens is 2. The maximum atomic E-state index is 14.5. The number of nitrogens with one attached hydrogen (secondary N) is 1. The minimum absolute atomic E-state index is 0.187. The van der Waals surface area contributed by atoms with E-state index in [-0.39, 0.29) is 30.4 Å². The number of methoxy groups -OCH3 is 1. The van der Waals surface area contributed by atoms with E-state index in [0.29, 0.717) is 37.6 Å². The Morgan fingerprint density at radius 1 is 1.34 bits per heavy atom. The maximum Gasteiger partial charge on any atom is 0.359 e. The Morgan fingerprint density at radius 3 is 2.91 bits per heavy atom. The molecule has 5 rings (SSSR count). The lowest BCUT2D eigenvalue weighted by Gasteiger charge is -2.35. The first-order chi connectivity index (χ1) is 16.7. The number of carbonyl (C=O) groups excluding carboxylic acids is 2. The highest BCUT2D eigenvalue weighted by atomic mass is 19.1. The quantitative estimate of drug-likeness (QED) is 0.636. The van der Waals surface area contributed by atoms with Crippen LogP contribution >= 0.6 is 0 Å². The number of amides is 2. The molecule has 5 heterocycles. The first-order valence-corrected chi connectivity index (χ1v) is 11.3. The van der Waals surface area contributed by atoms with Gasteiger partial charge in [0.15, 0.2) is 23.1 Å². The van der Waals surface area contributed by atoms with Gasteiger partial charge < -0.3 is 23.8 Å². The summed E-state index contributed by atoms with van der Waals surface area (Å²) in [7, 11) is 1.15. The van der Waals surface area contributed by atoms with Crippen LogP contribution in [0, 0.1) is 5.82 Å². The third kappa shape index (κ3) is 4.58. The molecule has 2 saturated heterocycles. The fraction of sp³-hybridized carbons (Fsp3) is 0.478. The number of halogens is 1. The summed E-state index contributed by atoms with van der Waals surface area (Å²) in [5, 5.41) is 2.77. The summed E-state index contributed by atoms with van der Waals surface area (Å²) >= 11 is 0. The average molecular weight is 487 g/mol. The van der Waals surface area contributed by atoms with E-state index >= 15 is 0 Å². The van der Waals surface area contributed by atoms with Gasteiger partial charge in [-0.15, -0.1) is 0 Å². The summed E-state index contributed by atoms with van der Waals surface area (Å²) in [4.78, 5) is 37.1. The number of nitrogens with zero attached hydrogens (tertiary/aromatic N) is 4. The van der Waals surface area contributed by atoms with Crippen LogP contribution < -0.4 is 19.9 Å². The third-order valence-electron chi connectivity index (χ3n) is 6.10. The van der Waals surface area contributed by atoms with Gasteiger partial charge in [-0.05, 0) is 26.3 Å². The van der Waals surface area contributed by atoms with E-state index in [1.807, 2.05) is 18.7 Å². The molecule has 0 aromatic carbocycles. The Morgan fingerprint density at radius 2 is 2.17 bits per heavy atom.